The summed E-state index contributed by atoms with van der Waals surface area (Å²) >= 11 is 0. The number of hydrogen-bond acceptors (Lipinski definition) is 9. The average molecular weight is 406 g/mol. The highest BCUT2D eigenvalue weighted by molar-refractivity contribution is 5.78. The van der Waals surface area contributed by atoms with E-state index in [1.165, 1.54) is 6.07 Å². The van der Waals surface area contributed by atoms with Gasteiger partial charge in [-0.25, -0.2) is 9.97 Å². The Kier molecular flexibility index (Phi) is 4.22. The summed E-state index contributed by atoms with van der Waals surface area (Å²) in [5.41, 5.74) is 0.601. The van der Waals surface area contributed by atoms with Crippen molar-refractivity contribution >= 4 is 28.2 Å². The number of nitrogens with one attached hydrogen (secondary N) is 1. The highest BCUT2D eigenvalue weighted by atomic mass is 16.6. The molecule has 2 bridgehead atoms. The van der Waals surface area contributed by atoms with Crippen LogP contribution in [0.4, 0.5) is 17.2 Å². The molecule has 2 aliphatic rings. The van der Waals surface area contributed by atoms with Crippen LogP contribution in [0, 0.1) is 21.4 Å². The molecule has 0 saturated carbocycles. The van der Waals surface area contributed by atoms with Crippen LogP contribution in [-0.2, 0) is 4.74 Å². The van der Waals surface area contributed by atoms with Gasteiger partial charge in [-0.3, -0.25) is 10.1 Å². The molecule has 3 atom stereocenters. The molecule has 3 aromatic rings. The van der Waals surface area contributed by atoms with E-state index in [0.717, 1.165) is 30.4 Å². The topological polar surface area (TPSA) is 135 Å². The fourth-order valence-electron chi connectivity index (χ4n) is 3.98. The Balaban J connectivity index is 1.56. The van der Waals surface area contributed by atoms with Crippen LogP contribution in [0.5, 0.6) is 0 Å². The normalized spacial score (nSPS) is 21.0. The largest absolute Gasteiger partial charge is 0.374 e. The Labute approximate surface area is 171 Å². The second-order valence-electron chi connectivity index (χ2n) is 7.45. The van der Waals surface area contributed by atoms with E-state index in [2.05, 4.69) is 20.3 Å². The highest BCUT2D eigenvalue weighted by Crippen LogP contribution is 2.33. The number of ether oxygens (including phenoxy) is 1. The van der Waals surface area contributed by atoms with Crippen molar-refractivity contribution in [3.8, 4) is 11.9 Å². The van der Waals surface area contributed by atoms with E-state index in [4.69, 9.17) is 15.0 Å². The van der Waals surface area contributed by atoms with E-state index in [1.54, 1.807) is 17.8 Å². The molecule has 1 N–H and O–H groups in total. The Bertz CT molecular complexity index is 1190. The van der Waals surface area contributed by atoms with Gasteiger partial charge in [0, 0.05) is 18.0 Å². The van der Waals surface area contributed by atoms with Gasteiger partial charge >= 0.3 is 5.69 Å². The number of hydrogen-bond donors (Lipinski definition) is 1. The lowest BCUT2D eigenvalue weighted by Gasteiger charge is -2.27. The molecule has 0 aromatic carbocycles. The van der Waals surface area contributed by atoms with Crippen LogP contribution < -0.4 is 10.2 Å². The molecule has 30 heavy (non-hydrogen) atoms. The second kappa shape index (κ2) is 6.93. The quantitative estimate of drug-likeness (QED) is 0.498. The van der Waals surface area contributed by atoms with Gasteiger partial charge in [0.15, 0.2) is 11.5 Å². The van der Waals surface area contributed by atoms with E-state index in [9.17, 15) is 10.1 Å². The maximum Gasteiger partial charge on any atom is 0.310 e. The molecule has 11 nitrogen and oxygen atoms in total. The molecular formula is C19H18N8O3. The van der Waals surface area contributed by atoms with Gasteiger partial charge in [0.25, 0.3) is 0 Å². The maximum atomic E-state index is 11.3. The molecule has 0 amide bonds. The summed E-state index contributed by atoms with van der Waals surface area (Å²) in [7, 11) is 0. The monoisotopic (exact) mass is 406 g/mol. The summed E-state index contributed by atoms with van der Waals surface area (Å²) in [5.74, 6) is 1.22. The summed E-state index contributed by atoms with van der Waals surface area (Å²) < 4.78 is 7.22. The van der Waals surface area contributed by atoms with Crippen LogP contribution in [0.2, 0.25) is 0 Å². The molecule has 5 heterocycles. The smallest absolute Gasteiger partial charge is 0.310 e. The van der Waals surface area contributed by atoms with Crippen molar-refractivity contribution < 1.29 is 9.66 Å². The summed E-state index contributed by atoms with van der Waals surface area (Å²) in [4.78, 5) is 22.1. The van der Waals surface area contributed by atoms with Crippen LogP contribution in [0.25, 0.3) is 16.9 Å². The fraction of sp³-hybridized carbons (Fsp3) is 0.368. The zero-order valence-electron chi connectivity index (χ0n) is 16.1. The Morgan fingerprint density at radius 3 is 2.97 bits per heavy atom. The highest BCUT2D eigenvalue weighted by Gasteiger charge is 2.39. The molecule has 3 aromatic heterocycles. The minimum atomic E-state index is -0.606. The van der Waals surface area contributed by atoms with E-state index < -0.39 is 11.0 Å². The van der Waals surface area contributed by atoms with Gasteiger partial charge in [0.05, 0.1) is 35.9 Å². The Morgan fingerprint density at radius 1 is 1.40 bits per heavy atom. The summed E-state index contributed by atoms with van der Waals surface area (Å²) in [6.45, 7) is 3.14. The van der Waals surface area contributed by atoms with Crippen LogP contribution in [0.1, 0.15) is 13.3 Å². The second-order valence-corrected chi connectivity index (χ2v) is 7.45. The predicted molar refractivity (Wildman–Crippen MR) is 108 cm³/mol. The molecule has 0 radical (unpaired) electrons. The number of aromatic nitrogens is 4. The lowest BCUT2D eigenvalue weighted by atomic mass is 10.2. The summed E-state index contributed by atoms with van der Waals surface area (Å²) in [6, 6.07) is 7.17. The molecule has 11 heteroatoms. The Hall–Kier alpha value is -3.78. The van der Waals surface area contributed by atoms with Crippen molar-refractivity contribution in [2.24, 2.45) is 0 Å². The van der Waals surface area contributed by atoms with Gasteiger partial charge in [-0.05, 0) is 25.5 Å². The number of anilines is 2. The number of morpholine rings is 1. The first-order valence-electron chi connectivity index (χ1n) is 9.57. The first-order chi connectivity index (χ1) is 14.5. The third-order valence-corrected chi connectivity index (χ3v) is 5.45. The minimum absolute atomic E-state index is 0.202. The number of fused-ring (bicyclic) bond motifs is 3. The molecule has 2 saturated heterocycles. The van der Waals surface area contributed by atoms with Crippen molar-refractivity contribution in [2.45, 2.75) is 31.5 Å². The third-order valence-electron chi connectivity index (χ3n) is 5.45. The minimum Gasteiger partial charge on any atom is -0.374 e. The SMILES string of the molecule is CC(C#N)Nc1cc(-n2ncc3ccc(N4C[C@H]5C[C@@H]4CO5)nc32)ncc1[N+](=O)[O-]. The molecule has 5 rings (SSSR count). The van der Waals surface area contributed by atoms with Crippen LogP contribution in [0.15, 0.2) is 30.6 Å². The zero-order valence-corrected chi connectivity index (χ0v) is 16.1. The maximum absolute atomic E-state index is 11.3. The van der Waals surface area contributed by atoms with Crippen molar-refractivity contribution in [3.63, 3.8) is 0 Å². The van der Waals surface area contributed by atoms with Crippen molar-refractivity contribution in [3.05, 3.63) is 40.7 Å². The average Bonchev–Trinajstić information content (AvgIpc) is 3.48. The van der Waals surface area contributed by atoms with Crippen molar-refractivity contribution in [1.29, 1.82) is 5.26 Å². The van der Waals surface area contributed by atoms with Crippen LogP contribution in [0.3, 0.4) is 0 Å². The summed E-state index contributed by atoms with van der Waals surface area (Å²) in [5, 5.41) is 28.5. The van der Waals surface area contributed by atoms with Gasteiger partial charge in [-0.2, -0.15) is 15.0 Å². The summed E-state index contributed by atoms with van der Waals surface area (Å²) in [6.07, 6.45) is 4.11. The number of nitro groups is 1. The molecular weight excluding hydrogens is 388 g/mol. The molecule has 1 unspecified atom stereocenters. The number of nitrogens with zero attached hydrogens (tertiary/aromatic N) is 7. The van der Waals surface area contributed by atoms with Gasteiger partial charge < -0.3 is 15.0 Å². The molecule has 0 spiro atoms. The molecule has 2 aliphatic heterocycles. The number of rotatable bonds is 5. The van der Waals surface area contributed by atoms with Crippen LogP contribution >= 0.6 is 0 Å². The van der Waals surface area contributed by atoms with Gasteiger partial charge in [0.2, 0.25) is 0 Å². The molecule has 2 fully saturated rings. The van der Waals surface area contributed by atoms with E-state index >= 15 is 0 Å². The molecule has 152 valence electrons. The van der Waals surface area contributed by atoms with E-state index in [0.29, 0.717) is 24.1 Å². The number of nitriles is 1. The fourth-order valence-corrected chi connectivity index (χ4v) is 3.98. The van der Waals surface area contributed by atoms with Crippen LogP contribution in [-0.4, -0.2) is 56.0 Å². The first kappa shape index (κ1) is 18.3. The zero-order chi connectivity index (χ0) is 20.8. The van der Waals surface area contributed by atoms with Gasteiger partial charge in [0.1, 0.15) is 23.7 Å². The van der Waals surface area contributed by atoms with E-state index in [-0.39, 0.29) is 17.5 Å². The Morgan fingerprint density at radius 2 is 2.27 bits per heavy atom. The lowest BCUT2D eigenvalue weighted by Crippen LogP contribution is -2.37. The van der Waals surface area contributed by atoms with Gasteiger partial charge in [-0.15, -0.1) is 0 Å². The van der Waals surface area contributed by atoms with Gasteiger partial charge in [-0.1, -0.05) is 0 Å². The first-order valence-corrected chi connectivity index (χ1v) is 9.57. The standard InChI is InChI=1S/C19H18N8O3/c1-11(6-20)23-15-5-18(21-8-16(15)27(28)29)26-19-12(7-22-26)2-3-17(24-19)25-9-14-4-13(25)10-30-14/h2-3,5,7-8,11,13-14H,4,9-10H2,1H3,(H,21,23)/t11?,13-,14-/m1/s1. The van der Waals surface area contributed by atoms with Crippen molar-refractivity contribution in [1.82, 2.24) is 19.7 Å². The predicted octanol–water partition coefficient (Wildman–Crippen LogP) is 2.03. The number of pyridine rings is 2. The molecule has 0 aliphatic carbocycles. The van der Waals surface area contributed by atoms with E-state index in [1.807, 2.05) is 18.2 Å². The third kappa shape index (κ3) is 2.98. The lowest BCUT2D eigenvalue weighted by molar-refractivity contribution is -0.384. The van der Waals surface area contributed by atoms with Crippen molar-refractivity contribution in [2.75, 3.05) is 23.4 Å².